The van der Waals surface area contributed by atoms with Crippen LogP contribution in [0.2, 0.25) is 0 Å². The Morgan fingerprint density at radius 3 is 2.28 bits per heavy atom. The van der Waals surface area contributed by atoms with E-state index in [2.05, 4.69) is 6.58 Å². The summed E-state index contributed by atoms with van der Waals surface area (Å²) < 4.78 is 31.7. The largest absolute Gasteiger partial charge is 0.490 e. The van der Waals surface area contributed by atoms with Crippen molar-refractivity contribution in [1.29, 1.82) is 0 Å². The van der Waals surface area contributed by atoms with Gasteiger partial charge in [0.1, 0.15) is 0 Å². The molecule has 0 bridgehead atoms. The highest BCUT2D eigenvalue weighted by molar-refractivity contribution is 5.87. The average molecular weight is 268 g/mol. The number of nitrogens with two attached hydrogens (primary N) is 1. The highest BCUT2D eigenvalue weighted by Crippen LogP contribution is 2.13. The minimum Gasteiger partial charge on any atom is -0.475 e. The Bertz CT molecular complexity index is 318. The predicted octanol–water partition coefficient (Wildman–Crippen LogP) is 0.755. The summed E-state index contributed by atoms with van der Waals surface area (Å²) in [5.41, 5.74) is 5.69. The highest BCUT2D eigenvalue weighted by Gasteiger charge is 2.38. The van der Waals surface area contributed by atoms with Crippen molar-refractivity contribution >= 4 is 11.9 Å². The number of halogens is 3. The van der Waals surface area contributed by atoms with Crippen molar-refractivity contribution < 1.29 is 27.9 Å². The van der Waals surface area contributed by atoms with Crippen molar-refractivity contribution in [2.75, 3.05) is 13.1 Å². The van der Waals surface area contributed by atoms with E-state index in [9.17, 15) is 18.0 Å². The van der Waals surface area contributed by atoms with Crippen LogP contribution < -0.4 is 5.73 Å². The molecule has 18 heavy (non-hydrogen) atoms. The second-order valence-electron chi connectivity index (χ2n) is 3.69. The number of hydrogen-bond acceptors (Lipinski definition) is 3. The first-order valence-corrected chi connectivity index (χ1v) is 5.15. The third kappa shape index (κ3) is 6.24. The van der Waals surface area contributed by atoms with Crippen LogP contribution in [0.4, 0.5) is 13.2 Å². The average Bonchev–Trinajstić information content (AvgIpc) is 2.27. The molecular formula is C10H15F3N2O3. The molecular weight excluding hydrogens is 253 g/mol. The molecule has 8 heteroatoms. The van der Waals surface area contributed by atoms with Gasteiger partial charge in [0.15, 0.2) is 0 Å². The van der Waals surface area contributed by atoms with E-state index in [1.165, 1.54) is 6.08 Å². The third-order valence-corrected chi connectivity index (χ3v) is 2.19. The topological polar surface area (TPSA) is 83.6 Å². The first-order chi connectivity index (χ1) is 8.18. The molecule has 0 aromatic rings. The zero-order valence-corrected chi connectivity index (χ0v) is 9.61. The van der Waals surface area contributed by atoms with E-state index in [1.54, 1.807) is 4.90 Å². The molecule has 1 fully saturated rings. The van der Waals surface area contributed by atoms with Gasteiger partial charge in [0.25, 0.3) is 0 Å². The number of hydrogen-bond donors (Lipinski definition) is 2. The number of carbonyl (C=O) groups excluding carboxylic acids is 1. The van der Waals surface area contributed by atoms with Crippen LogP contribution in [0.15, 0.2) is 12.7 Å². The molecule has 1 unspecified atom stereocenters. The number of carbonyl (C=O) groups is 2. The van der Waals surface area contributed by atoms with E-state index in [4.69, 9.17) is 15.6 Å². The lowest BCUT2D eigenvalue weighted by Gasteiger charge is -2.29. The van der Waals surface area contributed by atoms with Crippen molar-refractivity contribution in [3.05, 3.63) is 12.7 Å². The maximum Gasteiger partial charge on any atom is 0.490 e. The fourth-order valence-corrected chi connectivity index (χ4v) is 1.34. The summed E-state index contributed by atoms with van der Waals surface area (Å²) in [7, 11) is 0. The van der Waals surface area contributed by atoms with E-state index in [0.29, 0.717) is 6.54 Å². The van der Waals surface area contributed by atoms with Crippen LogP contribution in [0.5, 0.6) is 0 Å². The number of aliphatic carboxylic acids is 1. The maximum absolute atomic E-state index is 11.1. The molecule has 0 spiro atoms. The first-order valence-electron chi connectivity index (χ1n) is 5.15. The molecule has 0 aliphatic carbocycles. The smallest absolute Gasteiger partial charge is 0.475 e. The molecule has 0 saturated carbocycles. The van der Waals surface area contributed by atoms with Gasteiger partial charge < -0.3 is 15.7 Å². The Labute approximate surface area is 102 Å². The number of likely N-dealkylation sites (tertiary alicyclic amines) is 1. The summed E-state index contributed by atoms with van der Waals surface area (Å²) in [6.45, 7) is 4.95. The minimum atomic E-state index is -5.08. The highest BCUT2D eigenvalue weighted by atomic mass is 19.4. The molecule has 5 nitrogen and oxygen atoms in total. The number of amides is 1. The van der Waals surface area contributed by atoms with Crippen molar-refractivity contribution in [2.45, 2.75) is 25.1 Å². The summed E-state index contributed by atoms with van der Waals surface area (Å²) in [5.74, 6) is -2.76. The molecule has 1 aliphatic rings. The van der Waals surface area contributed by atoms with E-state index < -0.39 is 12.1 Å². The van der Waals surface area contributed by atoms with Gasteiger partial charge in [0.05, 0.1) is 0 Å². The van der Waals surface area contributed by atoms with Crippen molar-refractivity contribution in [3.8, 4) is 0 Å². The van der Waals surface area contributed by atoms with Crippen LogP contribution in [-0.4, -0.2) is 47.2 Å². The van der Waals surface area contributed by atoms with Crippen LogP contribution in [-0.2, 0) is 9.59 Å². The molecule has 104 valence electrons. The van der Waals surface area contributed by atoms with Gasteiger partial charge in [-0.2, -0.15) is 13.2 Å². The van der Waals surface area contributed by atoms with E-state index in [0.717, 1.165) is 19.4 Å². The Hall–Kier alpha value is -1.57. The number of nitrogens with zero attached hydrogens (tertiary/aromatic N) is 1. The second-order valence-corrected chi connectivity index (χ2v) is 3.69. The quantitative estimate of drug-likeness (QED) is 0.687. The van der Waals surface area contributed by atoms with Gasteiger partial charge in [0.2, 0.25) is 5.91 Å². The molecule has 1 aliphatic heterocycles. The lowest BCUT2D eigenvalue weighted by molar-refractivity contribution is -0.192. The lowest BCUT2D eigenvalue weighted by Crippen LogP contribution is -2.45. The third-order valence-electron chi connectivity index (χ3n) is 2.19. The van der Waals surface area contributed by atoms with Gasteiger partial charge in [-0.15, -0.1) is 0 Å². The van der Waals surface area contributed by atoms with Gasteiger partial charge in [-0.3, -0.25) is 4.79 Å². The predicted molar refractivity (Wildman–Crippen MR) is 57.7 cm³/mol. The first kappa shape index (κ1) is 16.4. The fraction of sp³-hybridized carbons (Fsp3) is 0.600. The second kappa shape index (κ2) is 7.00. The molecule has 1 amide bonds. The lowest BCUT2D eigenvalue weighted by atomic mass is 10.1. The molecule has 1 atom stereocenters. The van der Waals surface area contributed by atoms with E-state index >= 15 is 0 Å². The fourth-order valence-electron chi connectivity index (χ4n) is 1.34. The Morgan fingerprint density at radius 2 is 1.94 bits per heavy atom. The van der Waals surface area contributed by atoms with E-state index in [1.807, 2.05) is 0 Å². The van der Waals surface area contributed by atoms with Crippen LogP contribution >= 0.6 is 0 Å². The maximum atomic E-state index is 11.1. The normalized spacial score (nSPS) is 19.6. The van der Waals surface area contributed by atoms with Gasteiger partial charge in [-0.05, 0) is 18.9 Å². The summed E-state index contributed by atoms with van der Waals surface area (Å²) >= 11 is 0. The Kier molecular flexibility index (Phi) is 6.39. The molecule has 3 N–H and O–H groups in total. The number of piperidine rings is 1. The zero-order valence-electron chi connectivity index (χ0n) is 9.61. The standard InChI is InChI=1S/C8H14N2O.C2HF3O2/c1-2-8(11)10-5-3-4-7(9)6-10;3-2(4,5)1(6)7/h2,7H,1,3-6,9H2;(H,6,7). The SMILES string of the molecule is C=CC(=O)N1CCCC(N)C1.O=C(O)C(F)(F)F. The van der Waals surface area contributed by atoms with Crippen molar-refractivity contribution in [1.82, 2.24) is 4.90 Å². The Morgan fingerprint density at radius 1 is 1.44 bits per heavy atom. The molecule has 1 saturated heterocycles. The molecule has 1 rings (SSSR count). The minimum absolute atomic E-state index is 0.000139. The number of rotatable bonds is 1. The summed E-state index contributed by atoms with van der Waals surface area (Å²) in [5, 5.41) is 7.12. The van der Waals surface area contributed by atoms with Gasteiger partial charge in [0, 0.05) is 19.1 Å². The summed E-state index contributed by atoms with van der Waals surface area (Å²) in [6.07, 6.45) is -1.69. The molecule has 0 aromatic carbocycles. The van der Waals surface area contributed by atoms with Gasteiger partial charge >= 0.3 is 12.1 Å². The van der Waals surface area contributed by atoms with Crippen LogP contribution in [0.25, 0.3) is 0 Å². The van der Waals surface area contributed by atoms with Crippen molar-refractivity contribution in [2.24, 2.45) is 5.73 Å². The van der Waals surface area contributed by atoms with Gasteiger partial charge in [-0.1, -0.05) is 6.58 Å². The van der Waals surface area contributed by atoms with E-state index in [-0.39, 0.29) is 11.9 Å². The summed E-state index contributed by atoms with van der Waals surface area (Å²) in [6, 6.07) is 0.160. The van der Waals surface area contributed by atoms with Crippen LogP contribution in [0.3, 0.4) is 0 Å². The molecule has 0 radical (unpaired) electrons. The molecule has 1 heterocycles. The van der Waals surface area contributed by atoms with Crippen LogP contribution in [0.1, 0.15) is 12.8 Å². The summed E-state index contributed by atoms with van der Waals surface area (Å²) in [4.78, 5) is 21.7. The zero-order chi connectivity index (χ0) is 14.3. The van der Waals surface area contributed by atoms with Crippen LogP contribution in [0, 0.1) is 0 Å². The van der Waals surface area contributed by atoms with Crippen molar-refractivity contribution in [3.63, 3.8) is 0 Å². The Balaban J connectivity index is 0.000000360. The number of carboxylic acid groups (broad SMARTS) is 1. The number of alkyl halides is 3. The van der Waals surface area contributed by atoms with Gasteiger partial charge in [-0.25, -0.2) is 4.79 Å². The molecule has 0 aromatic heterocycles. The monoisotopic (exact) mass is 268 g/mol. The number of carboxylic acids is 1.